The van der Waals surface area contributed by atoms with E-state index in [9.17, 15) is 22.8 Å². The quantitative estimate of drug-likeness (QED) is 0.514. The number of hydrogen-bond donors (Lipinski definition) is 1. The van der Waals surface area contributed by atoms with Crippen LogP contribution in [0, 0.1) is 0 Å². The number of amides is 2. The molecule has 228 valence electrons. The Balaban J connectivity index is 1.11. The van der Waals surface area contributed by atoms with E-state index in [1.807, 2.05) is 0 Å². The van der Waals surface area contributed by atoms with Crippen LogP contribution in [0.25, 0.3) is 0 Å². The van der Waals surface area contributed by atoms with Crippen molar-refractivity contribution in [2.75, 3.05) is 38.0 Å². The second kappa shape index (κ2) is 11.5. The molecule has 3 saturated heterocycles. The van der Waals surface area contributed by atoms with Gasteiger partial charge >= 0.3 is 12.2 Å². The Labute approximate surface area is 243 Å². The van der Waals surface area contributed by atoms with Crippen LogP contribution in [0.15, 0.2) is 30.5 Å². The van der Waals surface area contributed by atoms with Crippen LogP contribution in [0.5, 0.6) is 5.75 Å². The molecular weight excluding hydrogens is 549 g/mol. The Kier molecular flexibility index (Phi) is 7.95. The number of ether oxygens (including phenoxy) is 1. The summed E-state index contributed by atoms with van der Waals surface area (Å²) in [7, 11) is 0. The van der Waals surface area contributed by atoms with Crippen LogP contribution in [0.2, 0.25) is 0 Å². The molecule has 12 heteroatoms. The first-order chi connectivity index (χ1) is 20.1. The molecule has 2 aromatic rings. The van der Waals surface area contributed by atoms with E-state index in [-0.39, 0.29) is 23.6 Å². The monoisotopic (exact) mass is 588 g/mol. The molecule has 0 unspecified atom stereocenters. The normalized spacial score (nSPS) is 22.0. The van der Waals surface area contributed by atoms with Crippen LogP contribution in [-0.2, 0) is 17.5 Å². The molecule has 1 aliphatic carbocycles. The van der Waals surface area contributed by atoms with Crippen molar-refractivity contribution in [2.45, 2.75) is 88.7 Å². The molecule has 1 saturated carbocycles. The molecule has 4 fully saturated rings. The summed E-state index contributed by atoms with van der Waals surface area (Å²) in [5.41, 5.74) is -0.221. The lowest BCUT2D eigenvalue weighted by Crippen LogP contribution is -2.53. The third-order valence-corrected chi connectivity index (χ3v) is 9.30. The minimum Gasteiger partial charge on any atom is -0.490 e. The maximum Gasteiger partial charge on any atom is 0.416 e. The molecule has 9 nitrogen and oxygen atoms in total. The molecule has 42 heavy (non-hydrogen) atoms. The standard InChI is InChI=1S/C30H39F3N6O3/c1-21(40)34-27-7-14-39(35-27)28(41)37-15-9-29(10-16-37)8-2-11-38(29)20-22-17-23(30(31,32)33)19-26(18-22)42-25-5-12-36(13-6-25)24-3-4-24/h7,14,17-19,24-25H,2-6,8-13,15-16,20H2,1H3,(H,34,35,40). The van der Waals surface area contributed by atoms with E-state index in [1.165, 1.54) is 36.7 Å². The fourth-order valence-electron chi connectivity index (χ4n) is 6.94. The van der Waals surface area contributed by atoms with E-state index in [0.29, 0.717) is 42.8 Å². The van der Waals surface area contributed by atoms with Gasteiger partial charge in [-0.1, -0.05) is 0 Å². The fourth-order valence-corrected chi connectivity index (χ4v) is 6.94. The van der Waals surface area contributed by atoms with Crippen LogP contribution in [-0.4, -0.2) is 86.8 Å². The van der Waals surface area contributed by atoms with Crippen molar-refractivity contribution >= 4 is 17.8 Å². The third kappa shape index (κ3) is 6.44. The van der Waals surface area contributed by atoms with Gasteiger partial charge in [0.2, 0.25) is 5.91 Å². The average molecular weight is 589 g/mol. The van der Waals surface area contributed by atoms with Crippen LogP contribution in [0.3, 0.4) is 0 Å². The highest BCUT2D eigenvalue weighted by molar-refractivity contribution is 5.88. The second-order valence-electron chi connectivity index (χ2n) is 12.3. The summed E-state index contributed by atoms with van der Waals surface area (Å²) in [6.45, 7) is 5.53. The van der Waals surface area contributed by atoms with E-state index < -0.39 is 11.7 Å². The van der Waals surface area contributed by atoms with Crippen molar-refractivity contribution in [3.63, 3.8) is 0 Å². The van der Waals surface area contributed by atoms with Crippen LogP contribution in [0.4, 0.5) is 23.8 Å². The van der Waals surface area contributed by atoms with Gasteiger partial charge in [0.25, 0.3) is 0 Å². The zero-order valence-electron chi connectivity index (χ0n) is 24.0. The Morgan fingerprint density at radius 3 is 2.43 bits per heavy atom. The highest BCUT2D eigenvalue weighted by Gasteiger charge is 2.44. The Hall–Kier alpha value is -3.12. The van der Waals surface area contributed by atoms with Crippen LogP contribution < -0.4 is 10.1 Å². The van der Waals surface area contributed by atoms with E-state index in [2.05, 4.69) is 20.2 Å². The number of aromatic nitrogens is 2. The van der Waals surface area contributed by atoms with Gasteiger partial charge in [0.1, 0.15) is 11.9 Å². The lowest BCUT2D eigenvalue weighted by Gasteiger charge is -2.45. The van der Waals surface area contributed by atoms with Crippen LogP contribution in [0.1, 0.15) is 69.4 Å². The maximum absolute atomic E-state index is 13.9. The van der Waals surface area contributed by atoms with Gasteiger partial charge < -0.3 is 19.9 Å². The zero-order chi connectivity index (χ0) is 29.5. The van der Waals surface area contributed by atoms with E-state index in [0.717, 1.165) is 64.2 Å². The Bertz CT molecular complexity index is 1290. The largest absolute Gasteiger partial charge is 0.490 e. The van der Waals surface area contributed by atoms with Gasteiger partial charge in [-0.3, -0.25) is 9.69 Å². The number of alkyl halides is 3. The predicted octanol–water partition coefficient (Wildman–Crippen LogP) is 4.96. The molecular formula is C30H39F3N6O3. The molecule has 6 rings (SSSR count). The van der Waals surface area contributed by atoms with Gasteiger partial charge in [-0.2, -0.15) is 17.9 Å². The summed E-state index contributed by atoms with van der Waals surface area (Å²) >= 11 is 0. The minimum atomic E-state index is -4.45. The first-order valence-corrected chi connectivity index (χ1v) is 15.1. The molecule has 3 aliphatic heterocycles. The molecule has 1 aromatic heterocycles. The fraction of sp³-hybridized carbons (Fsp3) is 0.633. The first kappa shape index (κ1) is 29.0. The number of halogens is 3. The number of carbonyl (C=O) groups excluding carboxylic acids is 2. The van der Waals surface area contributed by atoms with Crippen molar-refractivity contribution in [3.8, 4) is 5.75 Å². The van der Waals surface area contributed by atoms with E-state index in [1.54, 1.807) is 17.0 Å². The third-order valence-electron chi connectivity index (χ3n) is 9.30. The highest BCUT2D eigenvalue weighted by Crippen LogP contribution is 2.41. The molecule has 1 spiro atoms. The van der Waals surface area contributed by atoms with Crippen LogP contribution >= 0.6 is 0 Å². The molecule has 1 N–H and O–H groups in total. The Morgan fingerprint density at radius 1 is 1.02 bits per heavy atom. The lowest BCUT2D eigenvalue weighted by molar-refractivity contribution is -0.137. The van der Waals surface area contributed by atoms with E-state index >= 15 is 0 Å². The van der Waals surface area contributed by atoms with Gasteiger partial charge in [0, 0.05) is 63.5 Å². The summed E-state index contributed by atoms with van der Waals surface area (Å²) in [6.07, 6.45) is 4.56. The van der Waals surface area contributed by atoms with Gasteiger partial charge in [-0.25, -0.2) is 4.79 Å². The summed E-state index contributed by atoms with van der Waals surface area (Å²) in [5.74, 6) is 0.359. The summed E-state index contributed by atoms with van der Waals surface area (Å²) in [6, 6.07) is 6.21. The number of piperidine rings is 2. The molecule has 4 aliphatic rings. The second-order valence-corrected chi connectivity index (χ2v) is 12.3. The van der Waals surface area contributed by atoms with Crippen molar-refractivity contribution in [3.05, 3.63) is 41.6 Å². The predicted molar refractivity (Wildman–Crippen MR) is 150 cm³/mol. The SMILES string of the molecule is CC(=O)Nc1ccn(C(=O)N2CCC3(CCCN3Cc3cc(OC4CCN(C5CC5)CC4)cc(C(F)(F)F)c3)CC2)n1. The topological polar surface area (TPSA) is 82.9 Å². The molecule has 0 atom stereocenters. The zero-order valence-corrected chi connectivity index (χ0v) is 24.0. The van der Waals surface area contributed by atoms with E-state index in [4.69, 9.17) is 4.74 Å². The lowest BCUT2D eigenvalue weighted by atomic mass is 9.84. The number of likely N-dealkylation sites (tertiary alicyclic amines) is 3. The highest BCUT2D eigenvalue weighted by atomic mass is 19.4. The maximum atomic E-state index is 13.9. The smallest absolute Gasteiger partial charge is 0.416 e. The van der Waals surface area contributed by atoms with Gasteiger partial charge in [0.05, 0.1) is 5.56 Å². The summed E-state index contributed by atoms with van der Waals surface area (Å²) < 4.78 is 49.1. The number of anilines is 1. The first-order valence-electron chi connectivity index (χ1n) is 15.1. The minimum absolute atomic E-state index is 0.0690. The molecule has 0 bridgehead atoms. The molecule has 4 heterocycles. The summed E-state index contributed by atoms with van der Waals surface area (Å²) in [4.78, 5) is 30.9. The van der Waals surface area contributed by atoms with Crippen molar-refractivity contribution in [2.24, 2.45) is 0 Å². The van der Waals surface area contributed by atoms with Gasteiger partial charge in [-0.15, -0.1) is 5.10 Å². The molecule has 1 aromatic carbocycles. The number of nitrogens with one attached hydrogen (secondary N) is 1. The molecule has 2 amide bonds. The number of rotatable bonds is 6. The van der Waals surface area contributed by atoms with Crippen molar-refractivity contribution < 1.29 is 27.5 Å². The Morgan fingerprint density at radius 2 is 1.76 bits per heavy atom. The number of carbonyl (C=O) groups is 2. The number of hydrogen-bond acceptors (Lipinski definition) is 6. The van der Waals surface area contributed by atoms with Crippen molar-refractivity contribution in [1.29, 1.82) is 0 Å². The van der Waals surface area contributed by atoms with Crippen molar-refractivity contribution in [1.82, 2.24) is 24.5 Å². The number of nitrogens with zero attached hydrogens (tertiary/aromatic N) is 5. The van der Waals surface area contributed by atoms with Gasteiger partial charge in [-0.05, 0) is 81.7 Å². The number of benzene rings is 1. The molecule has 0 radical (unpaired) electrons. The van der Waals surface area contributed by atoms with Gasteiger partial charge in [0.15, 0.2) is 5.82 Å². The summed E-state index contributed by atoms with van der Waals surface area (Å²) in [5, 5.41) is 6.72. The average Bonchev–Trinajstić information content (AvgIpc) is 3.59.